The molecule has 1 rings (SSSR count). The predicted octanol–water partition coefficient (Wildman–Crippen LogP) is -0.125. The molecule has 14 heavy (non-hydrogen) atoms. The topological polar surface area (TPSA) is 66.6 Å². The molecule has 0 aromatic heterocycles. The van der Waals surface area contributed by atoms with Gasteiger partial charge in [-0.25, -0.2) is 0 Å². The molecule has 1 aliphatic rings. The van der Waals surface area contributed by atoms with Gasteiger partial charge in [0.05, 0.1) is 5.60 Å². The standard InChI is InChI=1S/C10H18N2O2/c1-8(2)9(13)12-5-3-10(14,7-11)4-6-12/h14H,1,3-7,11H2,2H3. The first-order chi connectivity index (χ1) is 6.48. The lowest BCUT2D eigenvalue weighted by atomic mass is 9.91. The van der Waals surface area contributed by atoms with Crippen LogP contribution in [-0.2, 0) is 4.79 Å². The number of rotatable bonds is 2. The third-order valence-electron chi connectivity index (χ3n) is 2.73. The number of piperidine rings is 1. The maximum absolute atomic E-state index is 11.5. The van der Waals surface area contributed by atoms with Crippen molar-refractivity contribution in [3.05, 3.63) is 12.2 Å². The predicted molar refractivity (Wildman–Crippen MR) is 54.6 cm³/mol. The van der Waals surface area contributed by atoms with E-state index in [0.717, 1.165) is 0 Å². The quantitative estimate of drug-likeness (QED) is 0.608. The zero-order valence-corrected chi connectivity index (χ0v) is 8.62. The minimum absolute atomic E-state index is 0.0240. The summed E-state index contributed by atoms with van der Waals surface area (Å²) in [5.74, 6) is -0.0240. The Morgan fingerprint density at radius 3 is 2.43 bits per heavy atom. The molecule has 4 nitrogen and oxygen atoms in total. The second kappa shape index (κ2) is 4.11. The highest BCUT2D eigenvalue weighted by atomic mass is 16.3. The third kappa shape index (κ3) is 2.33. The van der Waals surface area contributed by atoms with E-state index in [1.807, 2.05) is 0 Å². The summed E-state index contributed by atoms with van der Waals surface area (Å²) in [4.78, 5) is 13.2. The molecule has 0 saturated carbocycles. The Bertz CT molecular complexity index is 243. The summed E-state index contributed by atoms with van der Waals surface area (Å²) in [6.45, 7) is 6.71. The van der Waals surface area contributed by atoms with Gasteiger partial charge in [-0.15, -0.1) is 0 Å². The zero-order chi connectivity index (χ0) is 10.8. The summed E-state index contributed by atoms with van der Waals surface area (Å²) in [6, 6.07) is 0. The molecule has 3 N–H and O–H groups in total. The fraction of sp³-hybridized carbons (Fsp3) is 0.700. The van der Waals surface area contributed by atoms with E-state index >= 15 is 0 Å². The summed E-state index contributed by atoms with van der Waals surface area (Å²) in [7, 11) is 0. The van der Waals surface area contributed by atoms with Gasteiger partial charge in [0.1, 0.15) is 0 Å². The van der Waals surface area contributed by atoms with Gasteiger partial charge in [0.25, 0.3) is 0 Å². The Hall–Kier alpha value is -0.870. The molecule has 0 unspecified atom stereocenters. The molecule has 0 bridgehead atoms. The molecule has 0 radical (unpaired) electrons. The summed E-state index contributed by atoms with van der Waals surface area (Å²) >= 11 is 0. The van der Waals surface area contributed by atoms with Crippen LogP contribution in [0.3, 0.4) is 0 Å². The van der Waals surface area contributed by atoms with Crippen LogP contribution in [0, 0.1) is 0 Å². The lowest BCUT2D eigenvalue weighted by molar-refractivity contribution is -0.130. The van der Waals surface area contributed by atoms with Crippen LogP contribution < -0.4 is 5.73 Å². The van der Waals surface area contributed by atoms with Gasteiger partial charge >= 0.3 is 0 Å². The van der Waals surface area contributed by atoms with E-state index < -0.39 is 5.60 Å². The average molecular weight is 198 g/mol. The number of carbonyl (C=O) groups is 1. The van der Waals surface area contributed by atoms with Crippen molar-refractivity contribution in [2.75, 3.05) is 19.6 Å². The molecule has 1 saturated heterocycles. The van der Waals surface area contributed by atoms with E-state index in [-0.39, 0.29) is 12.5 Å². The van der Waals surface area contributed by atoms with Gasteiger partial charge < -0.3 is 15.7 Å². The molecule has 80 valence electrons. The molecule has 1 amide bonds. The highest BCUT2D eigenvalue weighted by Gasteiger charge is 2.32. The zero-order valence-electron chi connectivity index (χ0n) is 8.62. The van der Waals surface area contributed by atoms with Crippen LogP contribution in [0.5, 0.6) is 0 Å². The molecular weight excluding hydrogens is 180 g/mol. The minimum atomic E-state index is -0.772. The van der Waals surface area contributed by atoms with E-state index in [9.17, 15) is 9.90 Å². The van der Waals surface area contributed by atoms with E-state index in [2.05, 4.69) is 6.58 Å². The summed E-state index contributed by atoms with van der Waals surface area (Å²) in [5.41, 5.74) is 5.22. The Labute approximate surface area is 84.4 Å². The molecule has 0 aromatic carbocycles. The van der Waals surface area contributed by atoms with Gasteiger partial charge in [-0.3, -0.25) is 4.79 Å². The molecule has 1 aliphatic heterocycles. The van der Waals surface area contributed by atoms with Gasteiger partial charge in [0.2, 0.25) is 5.91 Å². The van der Waals surface area contributed by atoms with Crippen LogP contribution in [0.1, 0.15) is 19.8 Å². The number of aliphatic hydroxyl groups is 1. The van der Waals surface area contributed by atoms with E-state index in [1.54, 1.807) is 11.8 Å². The fourth-order valence-electron chi connectivity index (χ4n) is 1.60. The third-order valence-corrected chi connectivity index (χ3v) is 2.73. The van der Waals surface area contributed by atoms with Gasteiger partial charge in [0, 0.05) is 25.2 Å². The van der Waals surface area contributed by atoms with Crippen molar-refractivity contribution in [2.45, 2.75) is 25.4 Å². The number of likely N-dealkylation sites (tertiary alicyclic amines) is 1. The number of hydrogen-bond donors (Lipinski definition) is 2. The second-order valence-electron chi connectivity index (χ2n) is 4.00. The Kier molecular flexibility index (Phi) is 3.29. The number of hydrogen-bond acceptors (Lipinski definition) is 3. The first-order valence-corrected chi connectivity index (χ1v) is 4.86. The summed E-state index contributed by atoms with van der Waals surface area (Å²) in [5, 5.41) is 9.83. The molecule has 0 aliphatic carbocycles. The van der Waals surface area contributed by atoms with E-state index in [4.69, 9.17) is 5.73 Å². The van der Waals surface area contributed by atoms with Crippen molar-refractivity contribution in [3.63, 3.8) is 0 Å². The van der Waals surface area contributed by atoms with Gasteiger partial charge in [0.15, 0.2) is 0 Å². The summed E-state index contributed by atoms with van der Waals surface area (Å²) < 4.78 is 0. The molecular formula is C10H18N2O2. The van der Waals surface area contributed by atoms with Crippen molar-refractivity contribution >= 4 is 5.91 Å². The maximum Gasteiger partial charge on any atom is 0.248 e. The van der Waals surface area contributed by atoms with Crippen molar-refractivity contribution in [2.24, 2.45) is 5.73 Å². The van der Waals surface area contributed by atoms with Crippen LogP contribution in [0.15, 0.2) is 12.2 Å². The van der Waals surface area contributed by atoms with Crippen LogP contribution in [0.2, 0.25) is 0 Å². The largest absolute Gasteiger partial charge is 0.388 e. The lowest BCUT2D eigenvalue weighted by Gasteiger charge is -2.37. The van der Waals surface area contributed by atoms with Gasteiger partial charge in [-0.2, -0.15) is 0 Å². The normalized spacial score (nSPS) is 20.6. The second-order valence-corrected chi connectivity index (χ2v) is 4.00. The van der Waals surface area contributed by atoms with Crippen LogP contribution in [0.25, 0.3) is 0 Å². The van der Waals surface area contributed by atoms with E-state index in [1.165, 1.54) is 0 Å². The first kappa shape index (κ1) is 11.2. The summed E-state index contributed by atoms with van der Waals surface area (Å²) in [6.07, 6.45) is 1.12. The van der Waals surface area contributed by atoms with Crippen LogP contribution >= 0.6 is 0 Å². The average Bonchev–Trinajstić information content (AvgIpc) is 2.18. The monoisotopic (exact) mass is 198 g/mol. The molecule has 4 heteroatoms. The van der Waals surface area contributed by atoms with Crippen molar-refractivity contribution in [1.29, 1.82) is 0 Å². The number of nitrogens with zero attached hydrogens (tertiary/aromatic N) is 1. The van der Waals surface area contributed by atoms with Gasteiger partial charge in [-0.05, 0) is 19.8 Å². The van der Waals surface area contributed by atoms with Crippen LogP contribution in [0.4, 0.5) is 0 Å². The number of nitrogens with two attached hydrogens (primary N) is 1. The molecule has 0 aromatic rings. The first-order valence-electron chi connectivity index (χ1n) is 4.86. The molecule has 0 spiro atoms. The smallest absolute Gasteiger partial charge is 0.248 e. The SMILES string of the molecule is C=C(C)C(=O)N1CCC(O)(CN)CC1. The van der Waals surface area contributed by atoms with Crippen molar-refractivity contribution in [1.82, 2.24) is 4.90 Å². The maximum atomic E-state index is 11.5. The van der Waals surface area contributed by atoms with E-state index in [0.29, 0.717) is 31.5 Å². The Morgan fingerprint density at radius 1 is 1.57 bits per heavy atom. The Balaban J connectivity index is 2.51. The Morgan fingerprint density at radius 2 is 2.07 bits per heavy atom. The number of amides is 1. The highest BCUT2D eigenvalue weighted by molar-refractivity contribution is 5.92. The highest BCUT2D eigenvalue weighted by Crippen LogP contribution is 2.21. The van der Waals surface area contributed by atoms with Gasteiger partial charge in [-0.1, -0.05) is 6.58 Å². The van der Waals surface area contributed by atoms with Crippen molar-refractivity contribution < 1.29 is 9.90 Å². The molecule has 0 atom stereocenters. The fourth-order valence-corrected chi connectivity index (χ4v) is 1.60. The number of carbonyl (C=O) groups excluding carboxylic acids is 1. The molecule has 1 heterocycles. The molecule has 1 fully saturated rings. The van der Waals surface area contributed by atoms with Crippen molar-refractivity contribution in [3.8, 4) is 0 Å². The minimum Gasteiger partial charge on any atom is -0.388 e. The van der Waals surface area contributed by atoms with Crippen LogP contribution in [-0.4, -0.2) is 41.1 Å². The lowest BCUT2D eigenvalue weighted by Crippen LogP contribution is -2.50.